The van der Waals surface area contributed by atoms with Crippen LogP contribution in [0.2, 0.25) is 0 Å². The summed E-state index contributed by atoms with van der Waals surface area (Å²) in [6, 6.07) is 16.4. The maximum absolute atomic E-state index is 12.1. The molecule has 3 nitrogen and oxygen atoms in total. The van der Waals surface area contributed by atoms with E-state index in [1.807, 2.05) is 37.3 Å². The number of ketones is 1. The molecule has 0 radical (unpaired) electrons. The molecule has 0 spiro atoms. The first-order chi connectivity index (χ1) is 10.6. The second-order valence-corrected chi connectivity index (χ2v) is 5.03. The van der Waals surface area contributed by atoms with Crippen molar-refractivity contribution in [3.63, 3.8) is 0 Å². The minimum atomic E-state index is -0.842. The molecule has 3 heteroatoms. The molecule has 0 fully saturated rings. The van der Waals surface area contributed by atoms with Crippen molar-refractivity contribution in [1.82, 2.24) is 0 Å². The van der Waals surface area contributed by atoms with Gasteiger partial charge >= 0.3 is 5.97 Å². The third kappa shape index (κ3) is 3.92. The van der Waals surface area contributed by atoms with Gasteiger partial charge in [0.25, 0.3) is 0 Å². The van der Waals surface area contributed by atoms with Crippen LogP contribution in [0.3, 0.4) is 0 Å². The van der Waals surface area contributed by atoms with Crippen molar-refractivity contribution in [3.8, 4) is 0 Å². The van der Waals surface area contributed by atoms with Gasteiger partial charge in [-0.3, -0.25) is 9.59 Å². The highest BCUT2D eigenvalue weighted by Crippen LogP contribution is 2.20. The maximum atomic E-state index is 12.1. The molecule has 112 valence electrons. The van der Waals surface area contributed by atoms with Gasteiger partial charge in [0, 0.05) is 5.56 Å². The number of carboxylic acid groups (broad SMARTS) is 1. The van der Waals surface area contributed by atoms with E-state index in [1.165, 1.54) is 6.08 Å². The standard InChI is InChI=1S/C19H18O3/c1-2-17(19(21)22)15-9-11-16(12-10-15)18(20)13-8-14-6-4-3-5-7-14/h3-13,17H,2H2,1H3,(H,21,22). The zero-order valence-electron chi connectivity index (χ0n) is 12.4. The summed E-state index contributed by atoms with van der Waals surface area (Å²) in [5, 5.41) is 9.14. The number of hydrogen-bond acceptors (Lipinski definition) is 2. The lowest BCUT2D eigenvalue weighted by molar-refractivity contribution is -0.138. The summed E-state index contributed by atoms with van der Waals surface area (Å²) in [6.45, 7) is 1.83. The van der Waals surface area contributed by atoms with Crippen molar-refractivity contribution in [2.75, 3.05) is 0 Å². The highest BCUT2D eigenvalue weighted by molar-refractivity contribution is 6.06. The van der Waals surface area contributed by atoms with Crippen molar-refractivity contribution < 1.29 is 14.7 Å². The molecule has 0 aromatic heterocycles. The van der Waals surface area contributed by atoms with Crippen LogP contribution in [0.5, 0.6) is 0 Å². The summed E-state index contributed by atoms with van der Waals surface area (Å²) in [7, 11) is 0. The molecule has 1 atom stereocenters. The number of carboxylic acids is 1. The summed E-state index contributed by atoms with van der Waals surface area (Å²) in [6.07, 6.45) is 3.82. The van der Waals surface area contributed by atoms with Crippen LogP contribution in [0, 0.1) is 0 Å². The van der Waals surface area contributed by atoms with Crippen LogP contribution in [0.25, 0.3) is 6.08 Å². The predicted octanol–water partition coefficient (Wildman–Crippen LogP) is 4.16. The Morgan fingerprint density at radius 2 is 1.68 bits per heavy atom. The summed E-state index contributed by atoms with van der Waals surface area (Å²) < 4.78 is 0. The number of aliphatic carboxylic acids is 1. The monoisotopic (exact) mass is 294 g/mol. The summed E-state index contributed by atoms with van der Waals surface area (Å²) in [5.41, 5.74) is 2.24. The SMILES string of the molecule is CCC(C(=O)O)c1ccc(C(=O)C=Cc2ccccc2)cc1. The minimum absolute atomic E-state index is 0.0984. The molecule has 22 heavy (non-hydrogen) atoms. The van der Waals surface area contributed by atoms with Crippen molar-refractivity contribution in [2.45, 2.75) is 19.3 Å². The molecule has 0 aliphatic carbocycles. The van der Waals surface area contributed by atoms with Crippen LogP contribution in [-0.4, -0.2) is 16.9 Å². The molecule has 0 saturated carbocycles. The fourth-order valence-electron chi connectivity index (χ4n) is 2.26. The number of allylic oxidation sites excluding steroid dienone is 1. The van der Waals surface area contributed by atoms with Gasteiger partial charge in [0.2, 0.25) is 0 Å². The Kier molecular flexibility index (Phi) is 5.26. The Hall–Kier alpha value is -2.68. The zero-order valence-corrected chi connectivity index (χ0v) is 12.4. The molecular formula is C19H18O3. The molecule has 0 saturated heterocycles. The molecule has 0 heterocycles. The number of carbonyl (C=O) groups is 2. The lowest BCUT2D eigenvalue weighted by atomic mass is 9.95. The molecule has 0 amide bonds. The first kappa shape index (κ1) is 15.7. The fraction of sp³-hybridized carbons (Fsp3) is 0.158. The van der Waals surface area contributed by atoms with Crippen LogP contribution in [-0.2, 0) is 4.79 Å². The maximum Gasteiger partial charge on any atom is 0.310 e. The molecule has 1 unspecified atom stereocenters. The van der Waals surface area contributed by atoms with E-state index in [0.29, 0.717) is 12.0 Å². The van der Waals surface area contributed by atoms with Gasteiger partial charge in [-0.15, -0.1) is 0 Å². The van der Waals surface area contributed by atoms with E-state index < -0.39 is 11.9 Å². The van der Waals surface area contributed by atoms with Crippen LogP contribution in [0.15, 0.2) is 60.7 Å². The lowest BCUT2D eigenvalue weighted by Gasteiger charge is -2.10. The van der Waals surface area contributed by atoms with Gasteiger partial charge in [0.05, 0.1) is 5.92 Å². The Morgan fingerprint density at radius 3 is 2.23 bits per heavy atom. The number of carbonyl (C=O) groups excluding carboxylic acids is 1. The van der Waals surface area contributed by atoms with E-state index in [4.69, 9.17) is 5.11 Å². The van der Waals surface area contributed by atoms with Crippen molar-refractivity contribution in [3.05, 3.63) is 77.4 Å². The molecule has 2 aromatic rings. The van der Waals surface area contributed by atoms with E-state index in [0.717, 1.165) is 11.1 Å². The molecular weight excluding hydrogens is 276 g/mol. The van der Waals surface area contributed by atoms with E-state index in [-0.39, 0.29) is 5.78 Å². The Labute approximate surface area is 129 Å². The zero-order chi connectivity index (χ0) is 15.9. The first-order valence-corrected chi connectivity index (χ1v) is 7.22. The Balaban J connectivity index is 2.11. The van der Waals surface area contributed by atoms with Crippen molar-refractivity contribution in [1.29, 1.82) is 0 Å². The smallest absolute Gasteiger partial charge is 0.310 e. The van der Waals surface area contributed by atoms with Crippen LogP contribution < -0.4 is 0 Å². The van der Waals surface area contributed by atoms with E-state index in [9.17, 15) is 9.59 Å². The molecule has 1 N–H and O–H groups in total. The third-order valence-electron chi connectivity index (χ3n) is 3.53. The van der Waals surface area contributed by atoms with E-state index in [1.54, 1.807) is 30.3 Å². The molecule has 0 aliphatic heterocycles. The lowest BCUT2D eigenvalue weighted by Crippen LogP contribution is -2.10. The van der Waals surface area contributed by atoms with Crippen LogP contribution in [0.1, 0.15) is 40.7 Å². The second kappa shape index (κ2) is 7.36. The molecule has 0 bridgehead atoms. The largest absolute Gasteiger partial charge is 0.481 e. The quantitative estimate of drug-likeness (QED) is 0.643. The number of rotatable bonds is 6. The number of benzene rings is 2. The average molecular weight is 294 g/mol. The van der Waals surface area contributed by atoms with Crippen molar-refractivity contribution >= 4 is 17.8 Å². The predicted molar refractivity (Wildman–Crippen MR) is 86.9 cm³/mol. The third-order valence-corrected chi connectivity index (χ3v) is 3.53. The van der Waals surface area contributed by atoms with Gasteiger partial charge in [-0.05, 0) is 23.6 Å². The molecule has 2 rings (SSSR count). The van der Waals surface area contributed by atoms with Gasteiger partial charge in [-0.1, -0.05) is 67.6 Å². The van der Waals surface area contributed by atoms with Crippen LogP contribution in [0.4, 0.5) is 0 Å². The van der Waals surface area contributed by atoms with Gasteiger partial charge in [-0.25, -0.2) is 0 Å². The fourth-order valence-corrected chi connectivity index (χ4v) is 2.26. The summed E-state index contributed by atoms with van der Waals surface area (Å²) >= 11 is 0. The van der Waals surface area contributed by atoms with Crippen LogP contribution >= 0.6 is 0 Å². The summed E-state index contributed by atoms with van der Waals surface area (Å²) in [4.78, 5) is 23.2. The topological polar surface area (TPSA) is 54.4 Å². The Bertz CT molecular complexity index is 670. The van der Waals surface area contributed by atoms with E-state index in [2.05, 4.69) is 0 Å². The molecule has 2 aromatic carbocycles. The summed E-state index contributed by atoms with van der Waals surface area (Å²) in [5.74, 6) is -1.46. The number of hydrogen-bond donors (Lipinski definition) is 1. The molecule has 0 aliphatic rings. The van der Waals surface area contributed by atoms with Gasteiger partial charge in [0.1, 0.15) is 0 Å². The van der Waals surface area contributed by atoms with Gasteiger partial charge < -0.3 is 5.11 Å². The highest BCUT2D eigenvalue weighted by atomic mass is 16.4. The second-order valence-electron chi connectivity index (χ2n) is 5.03. The van der Waals surface area contributed by atoms with E-state index >= 15 is 0 Å². The highest BCUT2D eigenvalue weighted by Gasteiger charge is 2.17. The normalized spacial score (nSPS) is 12.2. The minimum Gasteiger partial charge on any atom is -0.481 e. The van der Waals surface area contributed by atoms with Crippen molar-refractivity contribution in [2.24, 2.45) is 0 Å². The first-order valence-electron chi connectivity index (χ1n) is 7.22. The van der Waals surface area contributed by atoms with Gasteiger partial charge in [0.15, 0.2) is 5.78 Å². The van der Waals surface area contributed by atoms with Gasteiger partial charge in [-0.2, -0.15) is 0 Å². The Morgan fingerprint density at radius 1 is 1.05 bits per heavy atom. The average Bonchev–Trinajstić information content (AvgIpc) is 2.54.